The van der Waals surface area contributed by atoms with E-state index in [2.05, 4.69) is 38.1 Å². The van der Waals surface area contributed by atoms with Gasteiger partial charge in [-0.25, -0.2) is 0 Å². The number of nitrogens with zero attached hydrogens (tertiary/aromatic N) is 2. The van der Waals surface area contributed by atoms with E-state index in [4.69, 9.17) is 5.26 Å². The lowest BCUT2D eigenvalue weighted by Gasteiger charge is -2.17. The van der Waals surface area contributed by atoms with Gasteiger partial charge in [0.25, 0.3) is 0 Å². The zero-order valence-corrected chi connectivity index (χ0v) is 8.99. The minimum Gasteiger partial charge on any atom is -0.309 e. The molecule has 0 aliphatic rings. The first-order valence-corrected chi connectivity index (χ1v) is 4.78. The normalized spacial score (nSPS) is 12.5. The molecule has 0 radical (unpaired) electrons. The highest BCUT2D eigenvalue weighted by atomic mass is 15.1. The molecule has 0 N–H and O–H groups in total. The molecule has 1 atom stereocenters. The Bertz CT molecular complexity index is 336. The van der Waals surface area contributed by atoms with Crippen molar-refractivity contribution in [2.24, 2.45) is 0 Å². The van der Waals surface area contributed by atoms with Crippen LogP contribution in [0.1, 0.15) is 24.0 Å². The van der Waals surface area contributed by atoms with Crippen LogP contribution in [0.2, 0.25) is 0 Å². The number of hydrogen-bond donors (Lipinski definition) is 0. The molecule has 0 aliphatic carbocycles. The molecule has 1 unspecified atom stereocenters. The van der Waals surface area contributed by atoms with Crippen LogP contribution in [-0.4, -0.2) is 25.5 Å². The summed E-state index contributed by atoms with van der Waals surface area (Å²) in [6.07, 6.45) is 0. The van der Waals surface area contributed by atoms with Gasteiger partial charge in [0, 0.05) is 6.54 Å². The molecule has 2 heteroatoms. The van der Waals surface area contributed by atoms with E-state index in [0.717, 1.165) is 12.1 Å². The SMILES string of the molecule is CC(CN(C)C)c1cccc(C#N)c1. The molecule has 0 spiro atoms. The first-order valence-electron chi connectivity index (χ1n) is 4.78. The van der Waals surface area contributed by atoms with E-state index >= 15 is 0 Å². The molecule has 0 bridgehead atoms. The molecule has 1 rings (SSSR count). The second kappa shape index (κ2) is 4.78. The molecule has 0 heterocycles. The van der Waals surface area contributed by atoms with E-state index in [0.29, 0.717) is 5.92 Å². The summed E-state index contributed by atoms with van der Waals surface area (Å²) >= 11 is 0. The van der Waals surface area contributed by atoms with Crippen molar-refractivity contribution >= 4 is 0 Å². The van der Waals surface area contributed by atoms with Crippen LogP contribution < -0.4 is 0 Å². The monoisotopic (exact) mass is 188 g/mol. The zero-order chi connectivity index (χ0) is 10.6. The Morgan fingerprint density at radius 1 is 1.43 bits per heavy atom. The lowest BCUT2D eigenvalue weighted by Crippen LogP contribution is -2.18. The van der Waals surface area contributed by atoms with E-state index < -0.39 is 0 Å². The first-order chi connectivity index (χ1) is 6.63. The molecule has 74 valence electrons. The van der Waals surface area contributed by atoms with E-state index in [1.165, 1.54) is 5.56 Å². The summed E-state index contributed by atoms with van der Waals surface area (Å²) in [5.74, 6) is 0.471. The molecule has 1 aromatic rings. The number of rotatable bonds is 3. The fourth-order valence-electron chi connectivity index (χ4n) is 1.57. The van der Waals surface area contributed by atoms with Crippen LogP contribution >= 0.6 is 0 Å². The summed E-state index contributed by atoms with van der Waals surface area (Å²) in [5.41, 5.74) is 1.98. The van der Waals surface area contributed by atoms with Crippen molar-refractivity contribution < 1.29 is 0 Å². The lowest BCUT2D eigenvalue weighted by molar-refractivity contribution is 0.383. The van der Waals surface area contributed by atoms with Crippen molar-refractivity contribution in [2.75, 3.05) is 20.6 Å². The Morgan fingerprint density at radius 2 is 2.14 bits per heavy atom. The third-order valence-electron chi connectivity index (χ3n) is 2.22. The highest BCUT2D eigenvalue weighted by Gasteiger charge is 2.06. The minimum absolute atomic E-state index is 0.471. The Hall–Kier alpha value is -1.33. The van der Waals surface area contributed by atoms with Crippen LogP contribution in [-0.2, 0) is 0 Å². The highest BCUT2D eigenvalue weighted by molar-refractivity contribution is 5.34. The average Bonchev–Trinajstić information content (AvgIpc) is 2.17. The van der Waals surface area contributed by atoms with Gasteiger partial charge < -0.3 is 4.90 Å². The molecule has 0 saturated carbocycles. The summed E-state index contributed by atoms with van der Waals surface area (Å²) < 4.78 is 0. The summed E-state index contributed by atoms with van der Waals surface area (Å²) in [4.78, 5) is 2.16. The zero-order valence-electron chi connectivity index (χ0n) is 8.99. The number of likely N-dealkylation sites (N-methyl/N-ethyl adjacent to an activating group) is 1. The largest absolute Gasteiger partial charge is 0.309 e. The molecule has 0 aliphatic heterocycles. The van der Waals surface area contributed by atoms with Crippen molar-refractivity contribution in [2.45, 2.75) is 12.8 Å². The van der Waals surface area contributed by atoms with E-state index in [1.807, 2.05) is 18.2 Å². The van der Waals surface area contributed by atoms with Gasteiger partial charge in [-0.15, -0.1) is 0 Å². The van der Waals surface area contributed by atoms with E-state index in [-0.39, 0.29) is 0 Å². The third-order valence-corrected chi connectivity index (χ3v) is 2.22. The molecule has 0 saturated heterocycles. The van der Waals surface area contributed by atoms with Crippen LogP contribution in [0.25, 0.3) is 0 Å². The van der Waals surface area contributed by atoms with Crippen molar-refractivity contribution in [1.82, 2.24) is 4.90 Å². The molecule has 2 nitrogen and oxygen atoms in total. The maximum Gasteiger partial charge on any atom is 0.0991 e. The molecule has 14 heavy (non-hydrogen) atoms. The van der Waals surface area contributed by atoms with Crippen molar-refractivity contribution in [3.63, 3.8) is 0 Å². The van der Waals surface area contributed by atoms with Crippen LogP contribution in [0.4, 0.5) is 0 Å². The van der Waals surface area contributed by atoms with Gasteiger partial charge in [-0.2, -0.15) is 5.26 Å². The highest BCUT2D eigenvalue weighted by Crippen LogP contribution is 2.16. The first kappa shape index (κ1) is 10.7. The van der Waals surface area contributed by atoms with Crippen LogP contribution in [0, 0.1) is 11.3 Å². The van der Waals surface area contributed by atoms with Crippen LogP contribution in [0.3, 0.4) is 0 Å². The number of hydrogen-bond acceptors (Lipinski definition) is 2. The van der Waals surface area contributed by atoms with Crippen LogP contribution in [0.15, 0.2) is 24.3 Å². The molecular weight excluding hydrogens is 172 g/mol. The molecule has 0 aromatic heterocycles. The lowest BCUT2D eigenvalue weighted by atomic mass is 9.99. The van der Waals surface area contributed by atoms with Crippen LogP contribution in [0.5, 0.6) is 0 Å². The topological polar surface area (TPSA) is 27.0 Å². The summed E-state index contributed by atoms with van der Waals surface area (Å²) in [6.45, 7) is 3.19. The second-order valence-electron chi connectivity index (χ2n) is 3.90. The van der Waals surface area contributed by atoms with Gasteiger partial charge in [-0.3, -0.25) is 0 Å². The standard InChI is InChI=1S/C12H16N2/c1-10(9-14(2)3)12-6-4-5-11(7-12)8-13/h4-7,10H,9H2,1-3H3. The maximum atomic E-state index is 8.77. The summed E-state index contributed by atoms with van der Waals surface area (Å²) in [5, 5.41) is 8.77. The van der Waals surface area contributed by atoms with Gasteiger partial charge in [-0.1, -0.05) is 19.1 Å². The smallest absolute Gasteiger partial charge is 0.0991 e. The number of nitriles is 1. The van der Waals surface area contributed by atoms with E-state index in [1.54, 1.807) is 0 Å². The Morgan fingerprint density at radius 3 is 2.71 bits per heavy atom. The molecular formula is C12H16N2. The quantitative estimate of drug-likeness (QED) is 0.727. The third kappa shape index (κ3) is 2.86. The van der Waals surface area contributed by atoms with Crippen molar-refractivity contribution in [1.29, 1.82) is 5.26 Å². The molecule has 0 fully saturated rings. The Labute approximate surface area is 85.8 Å². The van der Waals surface area contributed by atoms with E-state index in [9.17, 15) is 0 Å². The maximum absolute atomic E-state index is 8.77. The van der Waals surface area contributed by atoms with Crippen molar-refractivity contribution in [3.05, 3.63) is 35.4 Å². The second-order valence-corrected chi connectivity index (χ2v) is 3.90. The fraction of sp³-hybridized carbons (Fsp3) is 0.417. The fourth-order valence-corrected chi connectivity index (χ4v) is 1.57. The predicted molar refractivity (Wildman–Crippen MR) is 58.1 cm³/mol. The average molecular weight is 188 g/mol. The van der Waals surface area contributed by atoms with Gasteiger partial charge in [0.05, 0.1) is 11.6 Å². The Balaban J connectivity index is 2.80. The Kier molecular flexibility index (Phi) is 3.67. The van der Waals surface area contributed by atoms with Gasteiger partial charge >= 0.3 is 0 Å². The van der Waals surface area contributed by atoms with Gasteiger partial charge in [0.15, 0.2) is 0 Å². The van der Waals surface area contributed by atoms with Gasteiger partial charge in [0.2, 0.25) is 0 Å². The summed E-state index contributed by atoms with van der Waals surface area (Å²) in [6, 6.07) is 9.99. The predicted octanol–water partition coefficient (Wildman–Crippen LogP) is 2.22. The molecule has 1 aromatic carbocycles. The van der Waals surface area contributed by atoms with Gasteiger partial charge in [-0.05, 0) is 37.7 Å². The number of benzene rings is 1. The minimum atomic E-state index is 0.471. The van der Waals surface area contributed by atoms with Gasteiger partial charge in [0.1, 0.15) is 0 Å². The van der Waals surface area contributed by atoms with Crippen molar-refractivity contribution in [3.8, 4) is 6.07 Å². The molecule has 0 amide bonds. The summed E-state index contributed by atoms with van der Waals surface area (Å²) in [7, 11) is 4.12.